The second-order valence-corrected chi connectivity index (χ2v) is 5.52. The first-order valence-corrected chi connectivity index (χ1v) is 8.34. The molecule has 2 N–H and O–H groups in total. The number of quaternary nitrogens is 1. The van der Waals surface area contributed by atoms with E-state index in [2.05, 4.69) is 30.2 Å². The van der Waals surface area contributed by atoms with Crippen LogP contribution in [0, 0.1) is 11.3 Å². The summed E-state index contributed by atoms with van der Waals surface area (Å²) in [4.78, 5) is 5.83. The molecule has 2 aromatic rings. The van der Waals surface area contributed by atoms with Crippen molar-refractivity contribution in [2.45, 2.75) is 20.3 Å². The van der Waals surface area contributed by atoms with Crippen molar-refractivity contribution in [2.75, 3.05) is 38.6 Å². The summed E-state index contributed by atoms with van der Waals surface area (Å²) in [7, 11) is 1.62. The molecule has 0 aliphatic rings. The lowest BCUT2D eigenvalue weighted by molar-refractivity contribution is -0.896. The van der Waals surface area contributed by atoms with E-state index in [9.17, 15) is 5.26 Å². The van der Waals surface area contributed by atoms with Crippen molar-refractivity contribution in [2.24, 2.45) is 0 Å². The Morgan fingerprint density at radius 2 is 1.96 bits per heavy atom. The molecule has 24 heavy (non-hydrogen) atoms. The number of methoxy groups -OCH3 is 1. The first-order valence-electron chi connectivity index (χ1n) is 8.34. The van der Waals surface area contributed by atoms with E-state index in [1.807, 2.05) is 24.3 Å². The van der Waals surface area contributed by atoms with Crippen molar-refractivity contribution < 1.29 is 14.1 Å². The van der Waals surface area contributed by atoms with Crippen molar-refractivity contribution in [1.29, 1.82) is 5.26 Å². The van der Waals surface area contributed by atoms with Crippen LogP contribution in [-0.2, 0) is 0 Å². The van der Waals surface area contributed by atoms with Gasteiger partial charge in [0, 0.05) is 18.5 Å². The Kier molecular flexibility index (Phi) is 6.64. The van der Waals surface area contributed by atoms with Gasteiger partial charge in [0.05, 0.1) is 26.7 Å². The Morgan fingerprint density at radius 1 is 1.25 bits per heavy atom. The lowest BCUT2D eigenvalue weighted by Gasteiger charge is -2.14. The number of benzene rings is 1. The van der Waals surface area contributed by atoms with Crippen LogP contribution >= 0.6 is 0 Å². The molecule has 2 rings (SSSR count). The number of nitrogens with one attached hydrogen (secondary N) is 2. The molecular formula is C18H25N4O2+. The van der Waals surface area contributed by atoms with Gasteiger partial charge in [-0.1, -0.05) is 0 Å². The van der Waals surface area contributed by atoms with Gasteiger partial charge >= 0.3 is 0 Å². The smallest absolute Gasteiger partial charge is 0.232 e. The Bertz CT molecular complexity index is 669. The fourth-order valence-electron chi connectivity index (χ4n) is 2.52. The van der Waals surface area contributed by atoms with Crippen LogP contribution < -0.4 is 15.0 Å². The third-order valence-electron chi connectivity index (χ3n) is 4.06. The summed E-state index contributed by atoms with van der Waals surface area (Å²) in [5.74, 6) is 1.65. The molecular weight excluding hydrogens is 304 g/mol. The average Bonchev–Trinajstić information content (AvgIpc) is 3.05. The van der Waals surface area contributed by atoms with E-state index >= 15 is 0 Å². The van der Waals surface area contributed by atoms with Crippen LogP contribution in [0.15, 0.2) is 28.7 Å². The first kappa shape index (κ1) is 17.8. The van der Waals surface area contributed by atoms with Crippen LogP contribution in [0.1, 0.15) is 26.0 Å². The summed E-state index contributed by atoms with van der Waals surface area (Å²) in [6.07, 6.45) is 1.01. The van der Waals surface area contributed by atoms with Crippen molar-refractivity contribution >= 4 is 5.88 Å². The standard InChI is InChI=1S/C18H24N4O2/c1-4-22(5-2)12-6-11-20-18-16(13-19)21-17(24-18)14-7-9-15(23-3)10-8-14/h7-10,20H,4-6,11-12H2,1-3H3/p+1. The van der Waals surface area contributed by atoms with Gasteiger partial charge in [-0.3, -0.25) is 0 Å². The Hall–Kier alpha value is -2.52. The molecule has 1 aromatic heterocycles. The van der Waals surface area contributed by atoms with Gasteiger partial charge in [-0.25, -0.2) is 0 Å². The first-order chi connectivity index (χ1) is 11.7. The molecule has 0 amide bonds. The molecule has 0 spiro atoms. The number of hydrogen-bond donors (Lipinski definition) is 2. The van der Waals surface area contributed by atoms with Crippen LogP contribution in [0.3, 0.4) is 0 Å². The molecule has 128 valence electrons. The highest BCUT2D eigenvalue weighted by atomic mass is 16.5. The molecule has 6 nitrogen and oxygen atoms in total. The van der Waals surface area contributed by atoms with Gasteiger partial charge in [-0.15, -0.1) is 0 Å². The third-order valence-corrected chi connectivity index (χ3v) is 4.06. The van der Waals surface area contributed by atoms with Crippen LogP contribution in [0.25, 0.3) is 11.5 Å². The lowest BCUT2D eigenvalue weighted by atomic mass is 10.2. The van der Waals surface area contributed by atoms with Crippen LogP contribution in [0.5, 0.6) is 5.75 Å². The highest BCUT2D eigenvalue weighted by Crippen LogP contribution is 2.26. The third kappa shape index (κ3) is 4.49. The van der Waals surface area contributed by atoms with E-state index in [-0.39, 0.29) is 5.69 Å². The molecule has 6 heteroatoms. The highest BCUT2D eigenvalue weighted by molar-refractivity contribution is 5.59. The predicted molar refractivity (Wildman–Crippen MR) is 93.2 cm³/mol. The summed E-state index contributed by atoms with van der Waals surface area (Å²) in [6, 6.07) is 9.48. The summed E-state index contributed by atoms with van der Waals surface area (Å²) >= 11 is 0. The maximum atomic E-state index is 9.25. The van der Waals surface area contributed by atoms with Gasteiger partial charge in [0.25, 0.3) is 0 Å². The maximum absolute atomic E-state index is 9.25. The molecule has 0 aliphatic carbocycles. The Morgan fingerprint density at radius 3 is 2.54 bits per heavy atom. The van der Waals surface area contributed by atoms with Crippen molar-refractivity contribution in [3.63, 3.8) is 0 Å². The van der Waals surface area contributed by atoms with Crippen LogP contribution in [0.4, 0.5) is 5.88 Å². The minimum atomic E-state index is 0.288. The second kappa shape index (κ2) is 8.94. The lowest BCUT2D eigenvalue weighted by Crippen LogP contribution is -3.11. The quantitative estimate of drug-likeness (QED) is 0.688. The SMILES string of the molecule is CC[NH+](CC)CCCNc1oc(-c2ccc(OC)cc2)nc1C#N. The van der Waals surface area contributed by atoms with Crippen molar-refractivity contribution in [3.05, 3.63) is 30.0 Å². The van der Waals surface area contributed by atoms with Crippen molar-refractivity contribution in [3.8, 4) is 23.3 Å². The largest absolute Gasteiger partial charge is 0.497 e. The molecule has 0 fully saturated rings. The van der Waals surface area contributed by atoms with Gasteiger partial charge in [-0.05, 0) is 38.1 Å². The van der Waals surface area contributed by atoms with Gasteiger partial charge in [-0.2, -0.15) is 10.2 Å². The van der Waals surface area contributed by atoms with Gasteiger partial charge < -0.3 is 19.4 Å². The van der Waals surface area contributed by atoms with E-state index < -0.39 is 0 Å². The summed E-state index contributed by atoms with van der Waals surface area (Å²) in [6.45, 7) is 8.50. The zero-order valence-corrected chi connectivity index (χ0v) is 14.6. The molecule has 0 unspecified atom stereocenters. The van der Waals surface area contributed by atoms with E-state index in [4.69, 9.17) is 9.15 Å². The van der Waals surface area contributed by atoms with E-state index in [1.165, 1.54) is 0 Å². The summed E-state index contributed by atoms with van der Waals surface area (Å²) in [5.41, 5.74) is 1.10. The average molecular weight is 329 g/mol. The van der Waals surface area contributed by atoms with Gasteiger partial charge in [0.2, 0.25) is 17.5 Å². The molecule has 1 aromatic carbocycles. The molecule has 0 aliphatic heterocycles. The number of aromatic nitrogens is 1. The van der Waals surface area contributed by atoms with E-state index in [0.29, 0.717) is 11.8 Å². The monoisotopic (exact) mass is 329 g/mol. The predicted octanol–water partition coefficient (Wildman–Crippen LogP) is 1.95. The van der Waals surface area contributed by atoms with Gasteiger partial charge in [0.1, 0.15) is 11.8 Å². The number of nitrogens with zero attached hydrogens (tertiary/aromatic N) is 2. The minimum Gasteiger partial charge on any atom is -0.497 e. The number of rotatable bonds is 9. The zero-order chi connectivity index (χ0) is 17.4. The highest BCUT2D eigenvalue weighted by Gasteiger charge is 2.14. The number of ether oxygens (including phenoxy) is 1. The molecule has 0 saturated heterocycles. The minimum absolute atomic E-state index is 0.288. The Labute approximate surface area is 143 Å². The van der Waals surface area contributed by atoms with E-state index in [1.54, 1.807) is 12.0 Å². The number of oxazole rings is 1. The Balaban J connectivity index is 2.00. The molecule has 0 atom stereocenters. The molecule has 0 bridgehead atoms. The maximum Gasteiger partial charge on any atom is 0.232 e. The van der Waals surface area contributed by atoms with Crippen molar-refractivity contribution in [1.82, 2.24) is 4.98 Å². The molecule has 0 radical (unpaired) electrons. The van der Waals surface area contributed by atoms with Gasteiger partial charge in [0.15, 0.2) is 0 Å². The fraction of sp³-hybridized carbons (Fsp3) is 0.444. The summed E-state index contributed by atoms with van der Waals surface area (Å²) < 4.78 is 10.9. The fourth-order valence-corrected chi connectivity index (χ4v) is 2.52. The number of anilines is 1. The number of hydrogen-bond acceptors (Lipinski definition) is 5. The second-order valence-electron chi connectivity index (χ2n) is 5.52. The summed E-state index contributed by atoms with van der Waals surface area (Å²) in [5, 5.41) is 12.4. The van der Waals surface area contributed by atoms with Crippen LogP contribution in [0.2, 0.25) is 0 Å². The van der Waals surface area contributed by atoms with E-state index in [0.717, 1.165) is 43.9 Å². The topological polar surface area (TPSA) is 75.5 Å². The van der Waals surface area contributed by atoms with Crippen LogP contribution in [-0.4, -0.2) is 38.3 Å². The molecule has 1 heterocycles. The zero-order valence-electron chi connectivity index (χ0n) is 14.6. The molecule has 0 saturated carbocycles. The normalized spacial score (nSPS) is 10.6. The number of nitriles is 1.